The number of anilines is 1. The van der Waals surface area contributed by atoms with Gasteiger partial charge >= 0.3 is 0 Å². The SMILES string of the molecule is COc1c(OC)c(F)c2c(N)nc(C(C)(C)C)nc2c1I. The highest BCUT2D eigenvalue weighted by molar-refractivity contribution is 14.1. The van der Waals surface area contributed by atoms with Crippen molar-refractivity contribution in [2.45, 2.75) is 26.2 Å². The van der Waals surface area contributed by atoms with Crippen molar-refractivity contribution in [2.24, 2.45) is 0 Å². The van der Waals surface area contributed by atoms with Crippen LogP contribution >= 0.6 is 22.6 Å². The molecule has 0 saturated heterocycles. The lowest BCUT2D eigenvalue weighted by atomic mass is 9.95. The van der Waals surface area contributed by atoms with Gasteiger partial charge in [0.25, 0.3) is 0 Å². The van der Waals surface area contributed by atoms with E-state index in [1.54, 1.807) is 0 Å². The first-order chi connectivity index (χ1) is 9.72. The highest BCUT2D eigenvalue weighted by atomic mass is 127. The maximum absolute atomic E-state index is 14.6. The molecule has 2 aromatic rings. The van der Waals surface area contributed by atoms with Crippen LogP contribution in [-0.4, -0.2) is 24.2 Å². The molecular formula is C14H17FIN3O2. The molecule has 0 saturated carbocycles. The largest absolute Gasteiger partial charge is 0.492 e. The van der Waals surface area contributed by atoms with Crippen LogP contribution in [-0.2, 0) is 5.41 Å². The summed E-state index contributed by atoms with van der Waals surface area (Å²) >= 11 is 2.05. The van der Waals surface area contributed by atoms with Gasteiger partial charge in [-0.1, -0.05) is 20.8 Å². The van der Waals surface area contributed by atoms with Gasteiger partial charge in [-0.25, -0.2) is 14.4 Å². The maximum atomic E-state index is 14.6. The fraction of sp³-hybridized carbons (Fsp3) is 0.429. The summed E-state index contributed by atoms with van der Waals surface area (Å²) in [4.78, 5) is 8.71. The standard InChI is InChI=1S/C14H17FIN3O2/c1-14(2,3)13-18-9-6(12(17)19-13)7(15)10(20-4)11(21-5)8(9)16/h1-5H3,(H2,17,18,19). The van der Waals surface area contributed by atoms with E-state index < -0.39 is 5.82 Å². The molecule has 0 fully saturated rings. The van der Waals surface area contributed by atoms with Crippen LogP contribution < -0.4 is 15.2 Å². The fourth-order valence-corrected chi connectivity index (χ4v) is 2.83. The second-order valence-corrected chi connectivity index (χ2v) is 6.68. The van der Waals surface area contributed by atoms with Gasteiger partial charge in [-0.3, -0.25) is 0 Å². The Balaban J connectivity index is 2.97. The normalized spacial score (nSPS) is 11.8. The maximum Gasteiger partial charge on any atom is 0.198 e. The third-order valence-corrected chi connectivity index (χ3v) is 4.05. The monoisotopic (exact) mass is 405 g/mol. The summed E-state index contributed by atoms with van der Waals surface area (Å²) in [5.74, 6) is 0.357. The molecule has 0 unspecified atom stereocenters. The zero-order valence-corrected chi connectivity index (χ0v) is 14.7. The van der Waals surface area contributed by atoms with E-state index in [2.05, 4.69) is 9.97 Å². The molecular weight excluding hydrogens is 388 g/mol. The Morgan fingerprint density at radius 3 is 2.14 bits per heavy atom. The number of halogens is 2. The van der Waals surface area contributed by atoms with E-state index in [1.165, 1.54) is 14.2 Å². The van der Waals surface area contributed by atoms with E-state index in [-0.39, 0.29) is 22.4 Å². The molecule has 0 radical (unpaired) electrons. The number of rotatable bonds is 2. The molecule has 1 heterocycles. The minimum Gasteiger partial charge on any atom is -0.492 e. The van der Waals surface area contributed by atoms with Crippen LogP contribution in [0.5, 0.6) is 11.5 Å². The van der Waals surface area contributed by atoms with Crippen LogP contribution in [0.2, 0.25) is 0 Å². The number of hydrogen-bond donors (Lipinski definition) is 1. The van der Waals surface area contributed by atoms with Crippen molar-refractivity contribution in [3.8, 4) is 11.5 Å². The van der Waals surface area contributed by atoms with Crippen molar-refractivity contribution < 1.29 is 13.9 Å². The minimum atomic E-state index is -0.609. The van der Waals surface area contributed by atoms with E-state index in [4.69, 9.17) is 15.2 Å². The first-order valence-electron chi connectivity index (χ1n) is 6.29. The number of fused-ring (bicyclic) bond motifs is 1. The number of ether oxygens (including phenoxy) is 2. The number of aromatic nitrogens is 2. The van der Waals surface area contributed by atoms with Crippen molar-refractivity contribution in [1.29, 1.82) is 0 Å². The summed E-state index contributed by atoms with van der Waals surface area (Å²) in [5, 5.41) is 0.157. The quantitative estimate of drug-likeness (QED) is 0.777. The lowest BCUT2D eigenvalue weighted by molar-refractivity contribution is 0.337. The van der Waals surface area contributed by atoms with Crippen LogP contribution in [0.3, 0.4) is 0 Å². The Morgan fingerprint density at radius 1 is 1.10 bits per heavy atom. The molecule has 7 heteroatoms. The van der Waals surface area contributed by atoms with Crippen molar-refractivity contribution in [3.63, 3.8) is 0 Å². The van der Waals surface area contributed by atoms with Crippen LogP contribution in [0.4, 0.5) is 10.2 Å². The summed E-state index contributed by atoms with van der Waals surface area (Å²) in [6.45, 7) is 5.91. The van der Waals surface area contributed by atoms with E-state index in [0.717, 1.165) is 0 Å². The summed E-state index contributed by atoms with van der Waals surface area (Å²) in [5.41, 5.74) is 6.08. The average Bonchev–Trinajstić information content (AvgIpc) is 2.40. The van der Waals surface area contributed by atoms with Crippen molar-refractivity contribution in [1.82, 2.24) is 9.97 Å². The molecule has 2 rings (SSSR count). The highest BCUT2D eigenvalue weighted by Gasteiger charge is 2.26. The molecule has 1 aromatic heterocycles. The lowest BCUT2D eigenvalue weighted by Crippen LogP contribution is -2.18. The smallest absolute Gasteiger partial charge is 0.198 e. The van der Waals surface area contributed by atoms with Gasteiger partial charge in [-0.15, -0.1) is 0 Å². The predicted octanol–water partition coefficient (Wildman–Crippen LogP) is 3.27. The number of benzene rings is 1. The predicted molar refractivity (Wildman–Crippen MR) is 88.4 cm³/mol. The van der Waals surface area contributed by atoms with Gasteiger partial charge < -0.3 is 15.2 Å². The molecule has 0 aliphatic heterocycles. The molecule has 5 nitrogen and oxygen atoms in total. The Kier molecular flexibility index (Phi) is 4.14. The molecule has 0 amide bonds. The van der Waals surface area contributed by atoms with Crippen molar-refractivity contribution in [2.75, 3.05) is 20.0 Å². The van der Waals surface area contributed by atoms with E-state index in [9.17, 15) is 4.39 Å². The van der Waals surface area contributed by atoms with Crippen LogP contribution in [0.1, 0.15) is 26.6 Å². The topological polar surface area (TPSA) is 70.3 Å². The first kappa shape index (κ1) is 16.0. The molecule has 0 bridgehead atoms. The Bertz CT molecular complexity index is 714. The van der Waals surface area contributed by atoms with Gasteiger partial charge in [0.1, 0.15) is 11.6 Å². The molecule has 114 valence electrons. The molecule has 0 spiro atoms. The van der Waals surface area contributed by atoms with Gasteiger partial charge in [0.2, 0.25) is 0 Å². The zero-order valence-electron chi connectivity index (χ0n) is 12.5. The van der Waals surface area contributed by atoms with E-state index >= 15 is 0 Å². The van der Waals surface area contributed by atoms with Crippen LogP contribution in [0.25, 0.3) is 10.9 Å². The third-order valence-electron chi connectivity index (χ3n) is 3.05. The summed E-state index contributed by atoms with van der Waals surface area (Å²) in [7, 11) is 2.84. The van der Waals surface area contributed by atoms with Gasteiger partial charge in [0, 0.05) is 5.41 Å². The van der Waals surface area contributed by atoms with Gasteiger partial charge in [-0.2, -0.15) is 0 Å². The molecule has 21 heavy (non-hydrogen) atoms. The number of nitrogen functional groups attached to an aromatic ring is 1. The van der Waals surface area contributed by atoms with E-state index in [0.29, 0.717) is 20.7 Å². The number of hydrogen-bond acceptors (Lipinski definition) is 5. The van der Waals surface area contributed by atoms with Crippen LogP contribution in [0, 0.1) is 9.39 Å². The van der Waals surface area contributed by atoms with E-state index in [1.807, 2.05) is 43.4 Å². The molecule has 0 aliphatic carbocycles. The number of nitrogens with two attached hydrogens (primary N) is 1. The first-order valence-corrected chi connectivity index (χ1v) is 7.36. The van der Waals surface area contributed by atoms with Gasteiger partial charge in [0.15, 0.2) is 17.3 Å². The Hall–Kier alpha value is -1.38. The molecule has 0 aliphatic rings. The summed E-state index contributed by atoms with van der Waals surface area (Å²) in [6.07, 6.45) is 0. The Labute approximate surface area is 136 Å². The average molecular weight is 405 g/mol. The molecule has 1 aromatic carbocycles. The second kappa shape index (κ2) is 5.43. The number of methoxy groups -OCH3 is 2. The number of nitrogens with zero attached hydrogens (tertiary/aromatic N) is 2. The van der Waals surface area contributed by atoms with Crippen molar-refractivity contribution >= 4 is 39.3 Å². The third kappa shape index (κ3) is 2.58. The zero-order chi connectivity index (χ0) is 15.9. The summed E-state index contributed by atoms with van der Waals surface area (Å²) < 4.78 is 25.6. The molecule has 2 N–H and O–H groups in total. The van der Waals surface area contributed by atoms with Gasteiger partial charge in [-0.05, 0) is 22.6 Å². The van der Waals surface area contributed by atoms with Gasteiger partial charge in [0.05, 0.1) is 28.7 Å². The fourth-order valence-electron chi connectivity index (χ4n) is 1.97. The lowest BCUT2D eigenvalue weighted by Gasteiger charge is -2.19. The minimum absolute atomic E-state index is 0.00760. The second-order valence-electron chi connectivity index (χ2n) is 5.60. The summed E-state index contributed by atoms with van der Waals surface area (Å²) in [6, 6.07) is 0. The van der Waals surface area contributed by atoms with Crippen molar-refractivity contribution in [3.05, 3.63) is 15.2 Å². The molecule has 0 atom stereocenters. The highest BCUT2D eigenvalue weighted by Crippen LogP contribution is 2.42. The Morgan fingerprint density at radius 2 is 1.67 bits per heavy atom. The van der Waals surface area contributed by atoms with Crippen LogP contribution in [0.15, 0.2) is 0 Å².